The molecule has 0 spiro atoms. The number of fused-ring (bicyclic) bond motifs is 13. The predicted molar refractivity (Wildman–Crippen MR) is 276 cm³/mol. The lowest BCUT2D eigenvalue weighted by molar-refractivity contribution is 0.416. The average Bonchev–Trinajstić information content (AvgIpc) is 3.95. The molecule has 9 aromatic carbocycles. The minimum Gasteiger partial charge on any atom is -0.496 e. The van der Waals surface area contributed by atoms with Crippen LogP contribution in [0.15, 0.2) is 180 Å². The fraction of sp³-hybridized carbons (Fsp3) is 0.194. The zero-order valence-corrected chi connectivity index (χ0v) is 39.4. The first-order chi connectivity index (χ1) is 32.7. The lowest BCUT2D eigenvalue weighted by Gasteiger charge is -2.26. The van der Waals surface area contributed by atoms with Crippen molar-refractivity contribution < 1.29 is 9.47 Å². The molecule has 5 heteroatoms. The Labute approximate surface area is 396 Å². The molecular weight excluding hydrogens is 837 g/mol. The zero-order chi connectivity index (χ0) is 45.3. The second-order valence-corrected chi connectivity index (χ2v) is 21.0. The monoisotopic (exact) mass is 886 g/mol. The van der Waals surface area contributed by atoms with Gasteiger partial charge in [0.15, 0.2) is 0 Å². The minimum absolute atomic E-state index is 0.0517. The number of benzene rings is 9. The molecule has 2 aliphatic heterocycles. The fourth-order valence-corrected chi connectivity index (χ4v) is 14.2. The second kappa shape index (κ2) is 14.8. The normalized spacial score (nSPS) is 19.9. The number of thioether (sulfide) groups is 1. The molecule has 4 atom stereocenters. The molecule has 0 radical (unpaired) electrons. The number of rotatable bonds is 6. The van der Waals surface area contributed by atoms with Crippen LogP contribution in [0, 0.1) is 0 Å². The lowest BCUT2D eigenvalue weighted by atomic mass is 9.81. The Morgan fingerprint density at radius 3 is 1.22 bits per heavy atom. The summed E-state index contributed by atoms with van der Waals surface area (Å²) in [6, 6.07) is 62.2. The molecule has 0 bridgehead atoms. The molecule has 326 valence electrons. The Hall–Kier alpha value is -6.95. The summed E-state index contributed by atoms with van der Waals surface area (Å²) in [4.78, 5) is 12.2. The van der Waals surface area contributed by atoms with Crippen LogP contribution in [0.3, 0.4) is 0 Å². The first-order valence-electron chi connectivity index (χ1n) is 23.5. The molecule has 2 heterocycles. The summed E-state index contributed by atoms with van der Waals surface area (Å²) in [7, 11) is 3.49. The quantitative estimate of drug-likeness (QED) is 0.156. The van der Waals surface area contributed by atoms with Gasteiger partial charge in [0.2, 0.25) is 0 Å². The van der Waals surface area contributed by atoms with Gasteiger partial charge in [0, 0.05) is 32.7 Å². The van der Waals surface area contributed by atoms with E-state index in [1.807, 2.05) is 24.3 Å². The molecule has 4 unspecified atom stereocenters. The maximum absolute atomic E-state index is 6.09. The van der Waals surface area contributed by atoms with Crippen molar-refractivity contribution in [2.45, 2.75) is 61.1 Å². The Morgan fingerprint density at radius 2 is 0.791 bits per heavy atom. The first kappa shape index (κ1) is 40.3. The van der Waals surface area contributed by atoms with E-state index in [1.54, 1.807) is 14.2 Å². The molecule has 4 aliphatic rings. The Bertz CT molecular complexity index is 3460. The van der Waals surface area contributed by atoms with Crippen LogP contribution in [-0.4, -0.2) is 26.3 Å². The Kier molecular flexibility index (Phi) is 8.89. The molecule has 67 heavy (non-hydrogen) atoms. The van der Waals surface area contributed by atoms with Crippen molar-refractivity contribution in [3.05, 3.63) is 214 Å². The molecule has 0 aromatic heterocycles. The van der Waals surface area contributed by atoms with E-state index in [-0.39, 0.29) is 33.4 Å². The molecule has 2 aliphatic carbocycles. The topological polar surface area (TPSA) is 43.2 Å². The van der Waals surface area contributed by atoms with Crippen molar-refractivity contribution in [3.8, 4) is 56.0 Å². The lowest BCUT2D eigenvalue weighted by Crippen LogP contribution is -2.40. The average molecular weight is 887 g/mol. The van der Waals surface area contributed by atoms with Gasteiger partial charge < -0.3 is 9.47 Å². The third-order valence-corrected chi connectivity index (χ3v) is 17.3. The van der Waals surface area contributed by atoms with Gasteiger partial charge in [0.05, 0.1) is 47.5 Å². The van der Waals surface area contributed by atoms with Gasteiger partial charge in [-0.25, -0.2) is 0 Å². The summed E-state index contributed by atoms with van der Waals surface area (Å²) in [5.41, 5.74) is 17.8. The van der Waals surface area contributed by atoms with Crippen LogP contribution in [0.4, 0.5) is 0 Å². The van der Waals surface area contributed by atoms with Gasteiger partial charge in [-0.15, -0.1) is 11.8 Å². The maximum atomic E-state index is 6.09. The van der Waals surface area contributed by atoms with E-state index < -0.39 is 0 Å². The van der Waals surface area contributed by atoms with E-state index in [0.717, 1.165) is 66.0 Å². The molecule has 4 nitrogen and oxygen atoms in total. The van der Waals surface area contributed by atoms with Gasteiger partial charge in [-0.2, -0.15) is 0 Å². The largest absolute Gasteiger partial charge is 0.496 e. The number of methoxy groups -OCH3 is 2. The van der Waals surface area contributed by atoms with Crippen molar-refractivity contribution in [1.29, 1.82) is 0 Å². The summed E-state index contributed by atoms with van der Waals surface area (Å²) < 4.78 is 11.8. The molecule has 1 fully saturated rings. The Balaban J connectivity index is 1.10. The molecule has 0 N–H and O–H groups in total. The van der Waals surface area contributed by atoms with Gasteiger partial charge in [0.25, 0.3) is 0 Å². The third kappa shape index (κ3) is 5.74. The van der Waals surface area contributed by atoms with Crippen molar-refractivity contribution in [3.63, 3.8) is 0 Å². The Morgan fingerprint density at radius 1 is 0.403 bits per heavy atom. The summed E-state index contributed by atoms with van der Waals surface area (Å²) >= 11 is 2.08. The van der Waals surface area contributed by atoms with Crippen LogP contribution in [0.25, 0.3) is 66.1 Å². The van der Waals surface area contributed by atoms with Gasteiger partial charge in [-0.3, -0.25) is 9.98 Å². The zero-order valence-electron chi connectivity index (χ0n) is 38.6. The van der Waals surface area contributed by atoms with Crippen molar-refractivity contribution in [2.24, 2.45) is 9.98 Å². The molecule has 13 rings (SSSR count). The number of hydrogen-bond acceptors (Lipinski definition) is 5. The number of ether oxygens (including phenoxy) is 2. The molecular formula is C62H50N2O2S. The second-order valence-electron chi connectivity index (χ2n) is 19.7. The van der Waals surface area contributed by atoms with Crippen molar-refractivity contribution >= 4 is 33.3 Å². The van der Waals surface area contributed by atoms with Gasteiger partial charge >= 0.3 is 0 Å². The van der Waals surface area contributed by atoms with Crippen LogP contribution >= 0.6 is 11.8 Å². The van der Waals surface area contributed by atoms with E-state index in [1.165, 1.54) is 55.6 Å². The van der Waals surface area contributed by atoms with Gasteiger partial charge in [-0.1, -0.05) is 173 Å². The first-order valence-corrected chi connectivity index (χ1v) is 24.5. The van der Waals surface area contributed by atoms with E-state index in [0.29, 0.717) is 0 Å². The highest BCUT2D eigenvalue weighted by Crippen LogP contribution is 2.62. The van der Waals surface area contributed by atoms with Crippen molar-refractivity contribution in [1.82, 2.24) is 0 Å². The van der Waals surface area contributed by atoms with Crippen LogP contribution in [0.2, 0.25) is 0 Å². The highest BCUT2D eigenvalue weighted by molar-refractivity contribution is 8.00. The van der Waals surface area contributed by atoms with E-state index >= 15 is 0 Å². The summed E-state index contributed by atoms with van der Waals surface area (Å²) in [6.07, 6.45) is 0. The maximum Gasteiger partial charge on any atom is 0.126 e. The number of para-hydroxylation sites is 2. The summed E-state index contributed by atoms with van der Waals surface area (Å²) in [6.45, 7) is 9.53. The molecule has 9 aromatic rings. The van der Waals surface area contributed by atoms with E-state index in [9.17, 15) is 0 Å². The predicted octanol–water partition coefficient (Wildman–Crippen LogP) is 14.2. The van der Waals surface area contributed by atoms with Gasteiger partial charge in [-0.05, 0) is 102 Å². The fourth-order valence-electron chi connectivity index (χ4n) is 12.4. The number of nitrogens with zero attached hydrogens (tertiary/aromatic N) is 2. The van der Waals surface area contributed by atoms with E-state index in [2.05, 4.69) is 185 Å². The molecule has 0 amide bonds. The van der Waals surface area contributed by atoms with Crippen molar-refractivity contribution in [2.75, 3.05) is 14.2 Å². The highest BCUT2D eigenvalue weighted by Gasteiger charge is 2.50. The van der Waals surface area contributed by atoms with Gasteiger partial charge in [0.1, 0.15) is 11.5 Å². The van der Waals surface area contributed by atoms with Crippen LogP contribution in [0.5, 0.6) is 11.5 Å². The SMILES string of the molecule is COc1ccccc1-c1ccc2c3c(c4ccc(-c5ccccc5OC)cc4c2c1)=NC1C(c2cccc4c2-c2ccccc2C4(C)C)SC(c2cccc4c2-c2ccccc2C4(C)C)C1N=3. The minimum atomic E-state index is -0.118. The smallest absolute Gasteiger partial charge is 0.126 e. The van der Waals surface area contributed by atoms with Crippen LogP contribution < -0.4 is 20.2 Å². The molecule has 1 saturated heterocycles. The molecule has 0 saturated carbocycles. The van der Waals surface area contributed by atoms with Crippen LogP contribution in [-0.2, 0) is 10.8 Å². The highest BCUT2D eigenvalue weighted by atomic mass is 32.2. The third-order valence-electron chi connectivity index (χ3n) is 15.6. The number of hydrogen-bond donors (Lipinski definition) is 0. The summed E-state index contributed by atoms with van der Waals surface area (Å²) in [5.74, 6) is 1.69. The van der Waals surface area contributed by atoms with E-state index in [4.69, 9.17) is 19.5 Å². The summed E-state index contributed by atoms with van der Waals surface area (Å²) in [5, 5.41) is 6.55. The van der Waals surface area contributed by atoms with Crippen LogP contribution in [0.1, 0.15) is 71.6 Å². The standard InChI is InChI=1S/C62H50N2O2S/c1-61(2)47-23-11-7-19-41(47)53-43(21-15-25-49(53)61)59-57-58(60(67-59)44-22-16-26-50-54(44)42-20-8-12-24-48(42)62(50,3)4)64-56-40-32-30-36(38-18-10-14-28-52(38)66-6)34-46(40)45-33-35(29-31-39(45)55(56)63-57)37-17-9-13-27-51(37)65-5/h7-34,57-60H,1-6H3.